The van der Waals surface area contributed by atoms with Gasteiger partial charge in [0.25, 0.3) is 0 Å². The van der Waals surface area contributed by atoms with Crippen molar-refractivity contribution in [1.82, 2.24) is 0 Å². The molecular weight excluding hydrogens is 332 g/mol. The van der Waals surface area contributed by atoms with Gasteiger partial charge in [-0.15, -0.1) is 0 Å². The van der Waals surface area contributed by atoms with Gasteiger partial charge < -0.3 is 23.7 Å². The first-order valence-electron chi connectivity index (χ1n) is 9.85. The van der Waals surface area contributed by atoms with Gasteiger partial charge >= 0.3 is 0 Å². The molecule has 0 bridgehead atoms. The maximum atomic E-state index is 6.40. The Morgan fingerprint density at radius 3 is 2.31 bits per heavy atom. The zero-order valence-corrected chi connectivity index (χ0v) is 15.7. The first kappa shape index (κ1) is 18.4. The van der Waals surface area contributed by atoms with E-state index in [4.69, 9.17) is 23.7 Å². The predicted octanol–water partition coefficient (Wildman–Crippen LogP) is 3.48. The van der Waals surface area contributed by atoms with E-state index in [9.17, 15) is 0 Å². The highest BCUT2D eigenvalue weighted by Crippen LogP contribution is 2.40. The standard InChI is InChI=1S/C21H30O5/c1-22-19-17(14-9-5-3-6-10-14)25-16-13-24-21(15-11-7-4-8-12-15)26-18(16)20(19)23-2/h3,5-6,9-10,15-21H,4,7-8,11-13H2,1-2H3/t16-,17+,18-,19+,20+,21-/m1/s1. The molecule has 5 heteroatoms. The molecule has 2 heterocycles. The van der Waals surface area contributed by atoms with Crippen molar-refractivity contribution in [2.45, 2.75) is 68.9 Å². The molecule has 0 unspecified atom stereocenters. The second kappa shape index (κ2) is 8.36. The SMILES string of the molecule is CO[C@@H]1[C@@H](OC)[C@H](c2ccccc2)O[C@@H]2CO[C@@H](C3CCCCC3)O[C@@H]12. The number of hydrogen-bond donors (Lipinski definition) is 0. The van der Waals surface area contributed by atoms with E-state index in [1.165, 1.54) is 32.1 Å². The molecule has 26 heavy (non-hydrogen) atoms. The molecule has 3 fully saturated rings. The van der Waals surface area contributed by atoms with Crippen molar-refractivity contribution in [3.8, 4) is 0 Å². The van der Waals surface area contributed by atoms with Gasteiger partial charge in [-0.25, -0.2) is 0 Å². The molecule has 2 aliphatic heterocycles. The molecule has 1 aromatic rings. The molecule has 3 aliphatic rings. The van der Waals surface area contributed by atoms with E-state index in [0.717, 1.165) is 5.56 Å². The lowest BCUT2D eigenvalue weighted by Gasteiger charge is -2.50. The van der Waals surface area contributed by atoms with Gasteiger partial charge in [0.2, 0.25) is 0 Å². The van der Waals surface area contributed by atoms with Crippen LogP contribution in [0.3, 0.4) is 0 Å². The van der Waals surface area contributed by atoms with Crippen molar-refractivity contribution in [3.05, 3.63) is 35.9 Å². The molecule has 5 nitrogen and oxygen atoms in total. The van der Waals surface area contributed by atoms with Crippen LogP contribution in [0.2, 0.25) is 0 Å². The van der Waals surface area contributed by atoms with E-state index in [-0.39, 0.29) is 36.8 Å². The fourth-order valence-corrected chi connectivity index (χ4v) is 4.69. The molecule has 144 valence electrons. The van der Waals surface area contributed by atoms with E-state index >= 15 is 0 Å². The monoisotopic (exact) mass is 362 g/mol. The lowest BCUT2D eigenvalue weighted by Crippen LogP contribution is -2.62. The summed E-state index contributed by atoms with van der Waals surface area (Å²) in [6.45, 7) is 0.547. The molecule has 1 aliphatic carbocycles. The smallest absolute Gasteiger partial charge is 0.161 e. The topological polar surface area (TPSA) is 46.2 Å². The van der Waals surface area contributed by atoms with Crippen LogP contribution < -0.4 is 0 Å². The Morgan fingerprint density at radius 1 is 0.885 bits per heavy atom. The molecule has 4 rings (SSSR count). The van der Waals surface area contributed by atoms with Crippen LogP contribution in [0.5, 0.6) is 0 Å². The predicted molar refractivity (Wildman–Crippen MR) is 96.8 cm³/mol. The van der Waals surface area contributed by atoms with Gasteiger partial charge in [-0.1, -0.05) is 49.6 Å². The summed E-state index contributed by atoms with van der Waals surface area (Å²) in [6, 6.07) is 10.2. The van der Waals surface area contributed by atoms with Crippen molar-refractivity contribution < 1.29 is 23.7 Å². The first-order valence-corrected chi connectivity index (χ1v) is 9.85. The minimum Gasteiger partial charge on any atom is -0.376 e. The minimum absolute atomic E-state index is 0.142. The molecule has 0 aromatic heterocycles. The summed E-state index contributed by atoms with van der Waals surface area (Å²) in [7, 11) is 3.45. The second-order valence-electron chi connectivity index (χ2n) is 7.61. The quantitative estimate of drug-likeness (QED) is 0.821. The zero-order chi connectivity index (χ0) is 17.9. The number of hydrogen-bond acceptors (Lipinski definition) is 5. The van der Waals surface area contributed by atoms with Crippen LogP contribution >= 0.6 is 0 Å². The third-order valence-electron chi connectivity index (χ3n) is 6.06. The lowest BCUT2D eigenvalue weighted by atomic mass is 9.87. The Labute approximate surface area is 155 Å². The Balaban J connectivity index is 1.53. The Bertz CT molecular complexity index is 559. The number of ether oxygens (including phenoxy) is 5. The van der Waals surface area contributed by atoms with E-state index in [1.807, 2.05) is 18.2 Å². The van der Waals surface area contributed by atoms with Gasteiger partial charge in [0.15, 0.2) is 6.29 Å². The molecule has 0 N–H and O–H groups in total. The van der Waals surface area contributed by atoms with E-state index < -0.39 is 0 Å². The normalized spacial score (nSPS) is 38.7. The highest BCUT2D eigenvalue weighted by atomic mass is 16.7. The highest BCUT2D eigenvalue weighted by Gasteiger charge is 2.51. The molecular formula is C21H30O5. The average molecular weight is 362 g/mol. The van der Waals surface area contributed by atoms with Crippen LogP contribution in [0.15, 0.2) is 30.3 Å². The second-order valence-corrected chi connectivity index (χ2v) is 7.61. The first-order chi connectivity index (χ1) is 12.8. The number of rotatable bonds is 4. The van der Waals surface area contributed by atoms with Gasteiger partial charge in [-0.05, 0) is 18.4 Å². The summed E-state index contributed by atoms with van der Waals surface area (Å²) in [6.07, 6.45) is 5.18. The largest absolute Gasteiger partial charge is 0.376 e. The zero-order valence-electron chi connectivity index (χ0n) is 15.7. The minimum atomic E-state index is -0.214. The van der Waals surface area contributed by atoms with E-state index in [1.54, 1.807) is 14.2 Å². The van der Waals surface area contributed by atoms with Crippen LogP contribution in [0, 0.1) is 5.92 Å². The van der Waals surface area contributed by atoms with Crippen LogP contribution in [-0.4, -0.2) is 51.5 Å². The molecule has 0 radical (unpaired) electrons. The summed E-state index contributed by atoms with van der Waals surface area (Å²) >= 11 is 0. The van der Waals surface area contributed by atoms with Gasteiger partial charge in [0.05, 0.1) is 6.61 Å². The summed E-state index contributed by atoms with van der Waals surface area (Å²) in [5, 5.41) is 0. The van der Waals surface area contributed by atoms with Crippen LogP contribution in [0.1, 0.15) is 43.8 Å². The molecule has 0 spiro atoms. The molecule has 1 saturated carbocycles. The van der Waals surface area contributed by atoms with Gasteiger partial charge in [0.1, 0.15) is 30.5 Å². The maximum Gasteiger partial charge on any atom is 0.161 e. The average Bonchev–Trinajstić information content (AvgIpc) is 2.73. The van der Waals surface area contributed by atoms with Gasteiger partial charge in [0, 0.05) is 20.1 Å². The van der Waals surface area contributed by atoms with Crippen LogP contribution in [0.4, 0.5) is 0 Å². The van der Waals surface area contributed by atoms with Crippen molar-refractivity contribution in [2.24, 2.45) is 5.92 Å². The van der Waals surface area contributed by atoms with Crippen molar-refractivity contribution in [3.63, 3.8) is 0 Å². The number of benzene rings is 1. The van der Waals surface area contributed by atoms with Crippen molar-refractivity contribution in [1.29, 1.82) is 0 Å². The Morgan fingerprint density at radius 2 is 1.62 bits per heavy atom. The highest BCUT2D eigenvalue weighted by molar-refractivity contribution is 5.21. The Hall–Kier alpha value is -0.980. The third-order valence-corrected chi connectivity index (χ3v) is 6.06. The van der Waals surface area contributed by atoms with Crippen LogP contribution in [-0.2, 0) is 23.7 Å². The van der Waals surface area contributed by atoms with Gasteiger partial charge in [-0.2, -0.15) is 0 Å². The van der Waals surface area contributed by atoms with Crippen molar-refractivity contribution in [2.75, 3.05) is 20.8 Å². The fourth-order valence-electron chi connectivity index (χ4n) is 4.69. The van der Waals surface area contributed by atoms with Crippen LogP contribution in [0.25, 0.3) is 0 Å². The molecule has 0 amide bonds. The summed E-state index contributed by atoms with van der Waals surface area (Å²) in [5.41, 5.74) is 1.09. The number of methoxy groups -OCH3 is 2. The molecule has 6 atom stereocenters. The number of fused-ring (bicyclic) bond motifs is 1. The van der Waals surface area contributed by atoms with E-state index in [0.29, 0.717) is 12.5 Å². The summed E-state index contributed by atoms with van der Waals surface area (Å²) in [4.78, 5) is 0. The summed E-state index contributed by atoms with van der Waals surface area (Å²) < 4.78 is 30.6. The fraction of sp³-hybridized carbons (Fsp3) is 0.714. The maximum absolute atomic E-state index is 6.40. The third kappa shape index (κ3) is 3.56. The molecule has 2 saturated heterocycles. The Kier molecular flexibility index (Phi) is 5.91. The summed E-state index contributed by atoms with van der Waals surface area (Å²) in [5.74, 6) is 0.482. The molecule has 1 aromatic carbocycles. The van der Waals surface area contributed by atoms with Crippen molar-refractivity contribution >= 4 is 0 Å². The lowest BCUT2D eigenvalue weighted by molar-refractivity contribution is -0.342. The van der Waals surface area contributed by atoms with E-state index in [2.05, 4.69) is 12.1 Å². The van der Waals surface area contributed by atoms with Gasteiger partial charge in [-0.3, -0.25) is 0 Å².